The molecule has 6 heteroatoms. The highest BCUT2D eigenvalue weighted by atomic mass is 15.2. The predicted octanol–water partition coefficient (Wildman–Crippen LogP) is 3.28. The summed E-state index contributed by atoms with van der Waals surface area (Å²) in [4.78, 5) is 13.5. The highest BCUT2D eigenvalue weighted by molar-refractivity contribution is 5.07. The van der Waals surface area contributed by atoms with Crippen molar-refractivity contribution >= 4 is 0 Å². The zero-order valence-corrected chi connectivity index (χ0v) is 19.8. The molecule has 168 valence electrons. The predicted molar refractivity (Wildman–Crippen MR) is 127 cm³/mol. The van der Waals surface area contributed by atoms with E-state index in [2.05, 4.69) is 73.4 Å². The summed E-state index contributed by atoms with van der Waals surface area (Å²) in [7, 11) is 0. The van der Waals surface area contributed by atoms with Gasteiger partial charge in [0.25, 0.3) is 0 Å². The average molecular weight is 415 g/mol. The van der Waals surface area contributed by atoms with E-state index in [1.165, 1.54) is 0 Å². The fourth-order valence-corrected chi connectivity index (χ4v) is 3.00. The van der Waals surface area contributed by atoms with Crippen molar-refractivity contribution in [3.05, 3.63) is 60.2 Å². The molecule has 0 saturated heterocycles. The lowest BCUT2D eigenvalue weighted by molar-refractivity contribution is 0.115. The molecule has 2 aromatic rings. The number of aromatic nitrogens is 2. The average Bonchev–Trinajstić information content (AvgIpc) is 2.68. The Balaban J connectivity index is 0.000000352. The number of nitrogens with zero attached hydrogens (tertiary/aromatic N) is 4. The Morgan fingerprint density at radius 2 is 1.07 bits per heavy atom. The smallest absolute Gasteiger partial charge is 0.0544 e. The summed E-state index contributed by atoms with van der Waals surface area (Å²) >= 11 is 0. The number of pyridine rings is 2. The maximum Gasteiger partial charge on any atom is 0.0544 e. The summed E-state index contributed by atoms with van der Waals surface area (Å²) in [5.74, 6) is 0. The van der Waals surface area contributed by atoms with Crippen LogP contribution in [0.2, 0.25) is 0 Å². The van der Waals surface area contributed by atoms with Gasteiger partial charge in [-0.05, 0) is 65.8 Å². The Bertz CT molecular complexity index is 629. The van der Waals surface area contributed by atoms with E-state index in [4.69, 9.17) is 11.5 Å². The zero-order valence-electron chi connectivity index (χ0n) is 19.8. The fraction of sp³-hybridized carbons (Fsp3) is 0.583. The maximum absolute atomic E-state index is 5.47. The molecule has 0 unspecified atom stereocenters. The molecular formula is C24H42N6. The van der Waals surface area contributed by atoms with Crippen molar-refractivity contribution in [2.75, 3.05) is 26.2 Å². The van der Waals surface area contributed by atoms with Crippen molar-refractivity contribution in [1.82, 2.24) is 19.8 Å². The van der Waals surface area contributed by atoms with E-state index >= 15 is 0 Å². The van der Waals surface area contributed by atoms with Gasteiger partial charge >= 0.3 is 0 Å². The Kier molecular flexibility index (Phi) is 11.1. The summed E-state index contributed by atoms with van der Waals surface area (Å²) in [6, 6.07) is 12.1. The highest BCUT2D eigenvalue weighted by Gasteiger charge is 2.22. The van der Waals surface area contributed by atoms with Crippen molar-refractivity contribution in [2.45, 2.75) is 65.7 Å². The summed E-state index contributed by atoms with van der Waals surface area (Å²) in [6.07, 6.45) is 3.69. The van der Waals surface area contributed by atoms with E-state index in [9.17, 15) is 0 Å². The van der Waals surface area contributed by atoms with Gasteiger partial charge in [0.1, 0.15) is 0 Å². The Morgan fingerprint density at radius 1 is 0.667 bits per heavy atom. The number of hydrogen-bond acceptors (Lipinski definition) is 6. The standard InChI is InChI=1S/C16H21N3.C8H21N3/c1-16(2,3)19(12-14-8-4-6-10-17-14)13-15-9-5-7-11-18-15;1-8(2,3)11(6-4-9)7-5-10/h4-11H,12-13H2,1-3H3;4-7,9-10H2,1-3H3. The van der Waals surface area contributed by atoms with Gasteiger partial charge in [0.05, 0.1) is 11.4 Å². The van der Waals surface area contributed by atoms with Gasteiger partial charge in [-0.2, -0.15) is 0 Å². The minimum atomic E-state index is 0.0784. The zero-order chi connectivity index (χ0) is 22.6. The molecule has 0 aliphatic rings. The third kappa shape index (κ3) is 10.3. The first kappa shape index (κ1) is 26.2. The molecule has 0 fully saturated rings. The number of rotatable bonds is 8. The molecule has 0 aromatic carbocycles. The van der Waals surface area contributed by atoms with Crippen molar-refractivity contribution in [3.63, 3.8) is 0 Å². The topological polar surface area (TPSA) is 84.3 Å². The van der Waals surface area contributed by atoms with Crippen LogP contribution < -0.4 is 11.5 Å². The van der Waals surface area contributed by atoms with Crippen molar-refractivity contribution in [1.29, 1.82) is 0 Å². The largest absolute Gasteiger partial charge is 0.329 e. The van der Waals surface area contributed by atoms with Crippen molar-refractivity contribution in [3.8, 4) is 0 Å². The number of nitrogens with two attached hydrogens (primary N) is 2. The summed E-state index contributed by atoms with van der Waals surface area (Å²) in [5, 5.41) is 0. The fourth-order valence-electron chi connectivity index (χ4n) is 3.00. The van der Waals surface area contributed by atoms with E-state index in [0.29, 0.717) is 13.1 Å². The monoisotopic (exact) mass is 414 g/mol. The van der Waals surface area contributed by atoms with Gasteiger partial charge in [-0.1, -0.05) is 12.1 Å². The molecule has 30 heavy (non-hydrogen) atoms. The van der Waals surface area contributed by atoms with E-state index < -0.39 is 0 Å². The van der Waals surface area contributed by atoms with Crippen molar-refractivity contribution < 1.29 is 0 Å². The highest BCUT2D eigenvalue weighted by Crippen LogP contribution is 2.19. The number of hydrogen-bond donors (Lipinski definition) is 2. The molecule has 0 bridgehead atoms. The summed E-state index contributed by atoms with van der Waals surface area (Å²) in [5.41, 5.74) is 13.4. The molecule has 0 spiro atoms. The third-order valence-corrected chi connectivity index (χ3v) is 4.85. The van der Waals surface area contributed by atoms with E-state index in [-0.39, 0.29) is 11.1 Å². The summed E-state index contributed by atoms with van der Waals surface area (Å²) in [6.45, 7) is 18.1. The van der Waals surface area contributed by atoms with Crippen LogP contribution in [0, 0.1) is 0 Å². The minimum absolute atomic E-state index is 0.0784. The molecule has 0 aliphatic carbocycles. The Hall–Kier alpha value is -1.86. The lowest BCUT2D eigenvalue weighted by Gasteiger charge is -2.35. The van der Waals surface area contributed by atoms with Gasteiger partial charge in [-0.3, -0.25) is 19.8 Å². The van der Waals surface area contributed by atoms with Crippen LogP contribution in [0.1, 0.15) is 52.9 Å². The van der Waals surface area contributed by atoms with Gasteiger partial charge < -0.3 is 11.5 Å². The molecule has 0 saturated carbocycles. The molecule has 0 atom stereocenters. The first-order valence-corrected chi connectivity index (χ1v) is 10.8. The van der Waals surface area contributed by atoms with Crippen LogP contribution in [-0.4, -0.2) is 57.0 Å². The van der Waals surface area contributed by atoms with Crippen LogP contribution in [0.3, 0.4) is 0 Å². The minimum Gasteiger partial charge on any atom is -0.329 e. The third-order valence-electron chi connectivity index (χ3n) is 4.85. The Labute approximate surface area is 183 Å². The molecule has 0 aliphatic heterocycles. The molecule has 4 N–H and O–H groups in total. The first-order valence-electron chi connectivity index (χ1n) is 10.8. The van der Waals surface area contributed by atoms with E-state index in [1.807, 2.05) is 36.7 Å². The van der Waals surface area contributed by atoms with Gasteiger partial charge in [0.15, 0.2) is 0 Å². The van der Waals surface area contributed by atoms with E-state index in [1.54, 1.807) is 0 Å². The van der Waals surface area contributed by atoms with Gasteiger partial charge in [0, 0.05) is 62.7 Å². The second-order valence-corrected chi connectivity index (χ2v) is 9.40. The van der Waals surface area contributed by atoms with E-state index in [0.717, 1.165) is 37.6 Å². The lowest BCUT2D eigenvalue weighted by atomic mass is 10.0. The van der Waals surface area contributed by atoms with Crippen molar-refractivity contribution in [2.24, 2.45) is 11.5 Å². The van der Waals surface area contributed by atoms with Gasteiger partial charge in [-0.15, -0.1) is 0 Å². The maximum atomic E-state index is 5.47. The van der Waals surface area contributed by atoms with Gasteiger partial charge in [0.2, 0.25) is 0 Å². The molecule has 2 aromatic heterocycles. The molecule has 2 rings (SSSR count). The van der Waals surface area contributed by atoms with Gasteiger partial charge in [-0.25, -0.2) is 0 Å². The molecule has 6 nitrogen and oxygen atoms in total. The van der Waals surface area contributed by atoms with Crippen LogP contribution in [0.15, 0.2) is 48.8 Å². The molecule has 0 amide bonds. The molecule has 2 heterocycles. The van der Waals surface area contributed by atoms with Crippen LogP contribution in [-0.2, 0) is 13.1 Å². The SMILES string of the molecule is CC(C)(C)N(CCN)CCN.CC(C)(C)N(Cc1ccccn1)Cc1ccccn1. The first-order chi connectivity index (χ1) is 14.1. The summed E-state index contributed by atoms with van der Waals surface area (Å²) < 4.78 is 0. The quantitative estimate of drug-likeness (QED) is 0.690. The Morgan fingerprint density at radius 3 is 1.33 bits per heavy atom. The van der Waals surface area contributed by atoms with Crippen LogP contribution in [0.25, 0.3) is 0 Å². The second-order valence-electron chi connectivity index (χ2n) is 9.40. The second kappa shape index (κ2) is 12.7. The molecule has 0 radical (unpaired) electrons. The molecular weight excluding hydrogens is 372 g/mol. The van der Waals surface area contributed by atoms with Crippen LogP contribution in [0.5, 0.6) is 0 Å². The normalized spacial score (nSPS) is 12.1. The van der Waals surface area contributed by atoms with Crippen LogP contribution >= 0.6 is 0 Å². The lowest BCUT2D eigenvalue weighted by Crippen LogP contribution is -2.46. The van der Waals surface area contributed by atoms with Crippen LogP contribution in [0.4, 0.5) is 0 Å².